The molecular weight excluding hydrogens is 279 g/mol. The zero-order valence-corrected chi connectivity index (χ0v) is 11.0. The second-order valence-corrected chi connectivity index (χ2v) is 4.18. The molecule has 108 valence electrons. The van der Waals surface area contributed by atoms with Gasteiger partial charge in [0.2, 0.25) is 0 Å². The van der Waals surface area contributed by atoms with E-state index in [2.05, 4.69) is 11.8 Å². The van der Waals surface area contributed by atoms with E-state index in [0.29, 0.717) is 11.6 Å². The maximum atomic E-state index is 13.8. The molecule has 0 aliphatic heterocycles. The van der Waals surface area contributed by atoms with Gasteiger partial charge in [0.25, 0.3) is 0 Å². The van der Waals surface area contributed by atoms with Crippen LogP contribution >= 0.6 is 0 Å². The van der Waals surface area contributed by atoms with Gasteiger partial charge in [0.1, 0.15) is 18.2 Å². The molecule has 2 N–H and O–H groups in total. The Morgan fingerprint density at radius 2 is 1.81 bits per heavy atom. The van der Waals surface area contributed by atoms with E-state index in [0.717, 1.165) is 12.1 Å². The first-order valence-electron chi connectivity index (χ1n) is 6.15. The Morgan fingerprint density at radius 1 is 1.00 bits per heavy atom. The molecule has 0 atom stereocenters. The molecule has 5 heteroatoms. The molecular formula is C16H12F3NO. The van der Waals surface area contributed by atoms with Crippen LogP contribution in [0, 0.1) is 29.3 Å². The van der Waals surface area contributed by atoms with Crippen molar-refractivity contribution in [3.05, 3.63) is 65.0 Å². The summed E-state index contributed by atoms with van der Waals surface area (Å²) >= 11 is 0. The number of ether oxygens (including phenoxy) is 1. The maximum absolute atomic E-state index is 13.8. The second kappa shape index (κ2) is 6.82. The summed E-state index contributed by atoms with van der Waals surface area (Å²) in [6, 6.07) is 7.30. The SMILES string of the molecule is NCC#Cc1ccc(COc2ccc(F)cc2F)c(F)c1. The van der Waals surface area contributed by atoms with Gasteiger partial charge in [-0.25, -0.2) is 13.2 Å². The number of hydrogen-bond acceptors (Lipinski definition) is 2. The molecule has 0 spiro atoms. The average molecular weight is 291 g/mol. The Balaban J connectivity index is 2.09. The van der Waals surface area contributed by atoms with Crippen LogP contribution in [-0.2, 0) is 6.61 Å². The third-order valence-corrected chi connectivity index (χ3v) is 2.66. The highest BCUT2D eigenvalue weighted by Gasteiger charge is 2.08. The molecule has 0 amide bonds. The molecule has 0 aliphatic carbocycles. The minimum atomic E-state index is -0.833. The van der Waals surface area contributed by atoms with Gasteiger partial charge in [0.15, 0.2) is 11.6 Å². The number of rotatable bonds is 3. The van der Waals surface area contributed by atoms with Crippen LogP contribution in [0.3, 0.4) is 0 Å². The zero-order valence-electron chi connectivity index (χ0n) is 11.0. The fraction of sp³-hybridized carbons (Fsp3) is 0.125. The summed E-state index contributed by atoms with van der Waals surface area (Å²) in [6.45, 7) is 0.0231. The monoisotopic (exact) mass is 291 g/mol. The van der Waals surface area contributed by atoms with Gasteiger partial charge >= 0.3 is 0 Å². The maximum Gasteiger partial charge on any atom is 0.167 e. The van der Waals surface area contributed by atoms with E-state index < -0.39 is 17.5 Å². The van der Waals surface area contributed by atoms with Crippen LogP contribution in [0.4, 0.5) is 13.2 Å². The summed E-state index contributed by atoms with van der Waals surface area (Å²) in [6.07, 6.45) is 0. The Hall–Kier alpha value is -2.45. The van der Waals surface area contributed by atoms with Gasteiger partial charge in [-0.1, -0.05) is 17.9 Å². The van der Waals surface area contributed by atoms with Crippen LogP contribution < -0.4 is 10.5 Å². The number of nitrogens with two attached hydrogens (primary N) is 1. The van der Waals surface area contributed by atoms with Crippen molar-refractivity contribution in [2.24, 2.45) is 5.73 Å². The van der Waals surface area contributed by atoms with Gasteiger partial charge in [-0.2, -0.15) is 0 Å². The van der Waals surface area contributed by atoms with E-state index in [1.807, 2.05) is 0 Å². The quantitative estimate of drug-likeness (QED) is 0.882. The van der Waals surface area contributed by atoms with Gasteiger partial charge in [-0.15, -0.1) is 0 Å². The number of halogens is 3. The zero-order chi connectivity index (χ0) is 15.2. The Labute approximate surface area is 120 Å². The van der Waals surface area contributed by atoms with Gasteiger partial charge in [-0.05, 0) is 24.3 Å². The number of hydrogen-bond donors (Lipinski definition) is 1. The van der Waals surface area contributed by atoms with Crippen LogP contribution in [0.1, 0.15) is 11.1 Å². The lowest BCUT2D eigenvalue weighted by atomic mass is 10.1. The molecule has 21 heavy (non-hydrogen) atoms. The topological polar surface area (TPSA) is 35.2 Å². The second-order valence-electron chi connectivity index (χ2n) is 4.18. The highest BCUT2D eigenvalue weighted by Crippen LogP contribution is 2.20. The van der Waals surface area contributed by atoms with Gasteiger partial charge in [-0.3, -0.25) is 0 Å². The first-order valence-corrected chi connectivity index (χ1v) is 6.15. The van der Waals surface area contributed by atoms with Crippen molar-refractivity contribution >= 4 is 0 Å². The summed E-state index contributed by atoms with van der Waals surface area (Å²) < 4.78 is 45.1. The largest absolute Gasteiger partial charge is 0.486 e. The summed E-state index contributed by atoms with van der Waals surface area (Å²) in [5.74, 6) is 3.14. The van der Waals surface area contributed by atoms with E-state index in [9.17, 15) is 13.2 Å². The molecule has 0 unspecified atom stereocenters. The summed E-state index contributed by atoms with van der Waals surface area (Å²) in [5, 5.41) is 0. The fourth-order valence-corrected chi connectivity index (χ4v) is 1.64. The normalized spacial score (nSPS) is 9.90. The van der Waals surface area contributed by atoms with Crippen molar-refractivity contribution < 1.29 is 17.9 Å². The van der Waals surface area contributed by atoms with Gasteiger partial charge < -0.3 is 10.5 Å². The van der Waals surface area contributed by atoms with Crippen molar-refractivity contribution in [1.82, 2.24) is 0 Å². The van der Waals surface area contributed by atoms with Crippen molar-refractivity contribution in [2.75, 3.05) is 6.54 Å². The van der Waals surface area contributed by atoms with Gasteiger partial charge in [0.05, 0.1) is 6.54 Å². The van der Waals surface area contributed by atoms with Crippen LogP contribution in [-0.4, -0.2) is 6.54 Å². The van der Waals surface area contributed by atoms with Crippen LogP contribution in [0.2, 0.25) is 0 Å². The lowest BCUT2D eigenvalue weighted by Crippen LogP contribution is -2.01. The molecule has 0 saturated heterocycles. The van der Waals surface area contributed by atoms with Crippen molar-refractivity contribution in [3.8, 4) is 17.6 Å². The highest BCUT2D eigenvalue weighted by molar-refractivity contribution is 5.37. The van der Waals surface area contributed by atoms with Crippen molar-refractivity contribution in [2.45, 2.75) is 6.61 Å². The standard InChI is InChI=1S/C16H12F3NO/c17-13-5-6-16(15(19)9-13)21-10-12-4-3-11(2-1-7-20)8-14(12)18/h3-6,8-9H,7,10,20H2. The predicted molar refractivity (Wildman–Crippen MR) is 73.0 cm³/mol. The van der Waals surface area contributed by atoms with Crippen LogP contribution in [0.5, 0.6) is 5.75 Å². The first-order chi connectivity index (χ1) is 10.1. The van der Waals surface area contributed by atoms with E-state index in [-0.39, 0.29) is 24.5 Å². The van der Waals surface area contributed by atoms with Crippen molar-refractivity contribution in [3.63, 3.8) is 0 Å². The highest BCUT2D eigenvalue weighted by atomic mass is 19.1. The smallest absolute Gasteiger partial charge is 0.167 e. The molecule has 0 saturated carbocycles. The van der Waals surface area contributed by atoms with E-state index in [4.69, 9.17) is 10.5 Å². The van der Waals surface area contributed by atoms with E-state index in [1.54, 1.807) is 6.07 Å². The molecule has 0 fully saturated rings. The summed E-state index contributed by atoms with van der Waals surface area (Å²) in [4.78, 5) is 0. The molecule has 0 heterocycles. The Morgan fingerprint density at radius 3 is 2.48 bits per heavy atom. The van der Waals surface area contributed by atoms with E-state index >= 15 is 0 Å². The minimum Gasteiger partial charge on any atom is -0.486 e. The number of benzene rings is 2. The summed E-state index contributed by atoms with van der Waals surface area (Å²) in [7, 11) is 0. The Kier molecular flexibility index (Phi) is 4.85. The molecule has 0 bridgehead atoms. The van der Waals surface area contributed by atoms with Crippen LogP contribution in [0.15, 0.2) is 36.4 Å². The lowest BCUT2D eigenvalue weighted by Gasteiger charge is -2.08. The van der Waals surface area contributed by atoms with Gasteiger partial charge in [0, 0.05) is 17.2 Å². The third kappa shape index (κ3) is 4.01. The van der Waals surface area contributed by atoms with Crippen LogP contribution in [0.25, 0.3) is 0 Å². The lowest BCUT2D eigenvalue weighted by molar-refractivity contribution is 0.284. The minimum absolute atomic E-state index is 0.136. The third-order valence-electron chi connectivity index (χ3n) is 2.66. The molecule has 2 nitrogen and oxygen atoms in total. The van der Waals surface area contributed by atoms with Crippen molar-refractivity contribution in [1.29, 1.82) is 0 Å². The molecule has 0 radical (unpaired) electrons. The predicted octanol–water partition coefficient (Wildman–Crippen LogP) is 2.99. The summed E-state index contributed by atoms with van der Waals surface area (Å²) in [5.41, 5.74) is 5.97. The van der Waals surface area contributed by atoms with E-state index in [1.165, 1.54) is 12.1 Å². The molecule has 2 rings (SSSR count). The molecule has 2 aromatic rings. The fourth-order valence-electron chi connectivity index (χ4n) is 1.64. The first kappa shape index (κ1) is 14.9. The average Bonchev–Trinajstić information content (AvgIpc) is 2.45. The molecule has 0 aromatic heterocycles. The molecule has 2 aromatic carbocycles. The Bertz CT molecular complexity index is 704. The molecule has 0 aliphatic rings.